The van der Waals surface area contributed by atoms with Gasteiger partial charge in [0.1, 0.15) is 16.6 Å². The summed E-state index contributed by atoms with van der Waals surface area (Å²) in [6.07, 6.45) is 0.0704. The van der Waals surface area contributed by atoms with E-state index in [9.17, 15) is 4.79 Å². The van der Waals surface area contributed by atoms with Crippen LogP contribution in [0.15, 0.2) is 115 Å². The van der Waals surface area contributed by atoms with Crippen molar-refractivity contribution in [2.75, 3.05) is 4.90 Å². The minimum Gasteiger partial charge on any atom is -0.443 e. The fourth-order valence-corrected chi connectivity index (χ4v) is 8.18. The smallest absolute Gasteiger partial charge is 0.419 e. The molecule has 0 saturated carbocycles. The molecule has 0 bridgehead atoms. The van der Waals surface area contributed by atoms with Gasteiger partial charge in [-0.1, -0.05) is 130 Å². The van der Waals surface area contributed by atoms with Crippen LogP contribution in [0.1, 0.15) is 63.8 Å². The number of para-hydroxylation sites is 1. The summed E-state index contributed by atoms with van der Waals surface area (Å²) in [5.74, 6) is -1.50. The molecule has 0 unspecified atom stereocenters. The first kappa shape index (κ1) is 31.3. The van der Waals surface area contributed by atoms with E-state index in [2.05, 4.69) is 119 Å². The lowest BCUT2D eigenvalue weighted by Gasteiger charge is -2.69. The summed E-state index contributed by atoms with van der Waals surface area (Å²) in [6, 6.07) is 39.5. The first-order valence-corrected chi connectivity index (χ1v) is 18.8. The highest BCUT2D eigenvalue weighted by molar-refractivity contribution is 6.74. The first-order valence-electron chi connectivity index (χ1n) is 15.9. The minimum absolute atomic E-state index is 0.171. The molecule has 2 aliphatic heterocycles. The molecule has 1 amide bonds. The van der Waals surface area contributed by atoms with E-state index in [1.54, 1.807) is 4.90 Å². The molecule has 0 N–H and O–H groups in total. The third-order valence-electron chi connectivity index (χ3n) is 9.78. The molecule has 4 aromatic carbocycles. The predicted molar refractivity (Wildman–Crippen MR) is 183 cm³/mol. The predicted octanol–water partition coefficient (Wildman–Crippen LogP) is 9.57. The van der Waals surface area contributed by atoms with E-state index in [1.165, 1.54) is 0 Å². The molecule has 234 valence electrons. The molecular weight excluding hydrogens is 575 g/mol. The lowest BCUT2D eigenvalue weighted by Crippen LogP contribution is -2.84. The van der Waals surface area contributed by atoms with Crippen LogP contribution in [0.4, 0.5) is 10.5 Å². The number of fused-ring (bicyclic) bond motifs is 3. The minimum atomic E-state index is -2.62. The van der Waals surface area contributed by atoms with Gasteiger partial charge < -0.3 is 13.9 Å². The van der Waals surface area contributed by atoms with Crippen molar-refractivity contribution in [2.24, 2.45) is 0 Å². The average molecular weight is 620 g/mol. The highest BCUT2D eigenvalue weighted by Crippen LogP contribution is 2.74. The van der Waals surface area contributed by atoms with Gasteiger partial charge in [-0.25, -0.2) is 9.69 Å². The topological polar surface area (TPSA) is 48.0 Å². The van der Waals surface area contributed by atoms with E-state index in [0.29, 0.717) is 6.42 Å². The summed E-state index contributed by atoms with van der Waals surface area (Å²) < 4.78 is 21.4. The Morgan fingerprint density at radius 1 is 0.733 bits per heavy atom. The number of carbonyl (C=O) groups excluding carboxylic acids is 1. The number of carbonyl (C=O) groups is 1. The summed E-state index contributed by atoms with van der Waals surface area (Å²) in [5.41, 5.74) is 2.25. The number of rotatable bonds is 6. The van der Waals surface area contributed by atoms with Crippen LogP contribution in [-0.4, -0.2) is 25.9 Å². The fraction of sp³-hybridized carbons (Fsp3) is 0.359. The number of hydrogen-bond acceptors (Lipinski definition) is 4. The van der Waals surface area contributed by atoms with Crippen molar-refractivity contribution in [1.29, 1.82) is 0 Å². The molecule has 4 aromatic rings. The molecule has 2 heterocycles. The highest BCUT2D eigenvalue weighted by atomic mass is 28.4. The van der Waals surface area contributed by atoms with Crippen molar-refractivity contribution < 1.29 is 18.7 Å². The van der Waals surface area contributed by atoms with E-state index >= 15 is 0 Å². The van der Waals surface area contributed by atoms with Gasteiger partial charge in [0.15, 0.2) is 8.32 Å². The standard InChI is InChI=1S/C39H45NO4Si/c1-35(2,3)42-34(41)40-33-27-19-18-26-32(33)37(28-29-20-12-9-13-21-29)38(30-22-14-10-15-23-30,31-24-16-11-17-25-31)43-39(37,40)44-45(7,8)36(4,5)6/h9-27H,28H2,1-8H3/t37-,39-/m0/s1. The lowest BCUT2D eigenvalue weighted by atomic mass is 9.53. The van der Waals surface area contributed by atoms with E-state index < -0.39 is 36.9 Å². The van der Waals surface area contributed by atoms with E-state index in [1.807, 2.05) is 51.1 Å². The van der Waals surface area contributed by atoms with Gasteiger partial charge in [-0.05, 0) is 73.6 Å². The van der Waals surface area contributed by atoms with Crippen LogP contribution in [0, 0.1) is 0 Å². The fourth-order valence-electron chi connectivity index (χ4n) is 6.88. The maximum Gasteiger partial charge on any atom is 0.419 e. The third kappa shape index (κ3) is 4.68. The van der Waals surface area contributed by atoms with Crippen LogP contribution in [-0.2, 0) is 31.3 Å². The second-order valence-electron chi connectivity index (χ2n) is 14.9. The maximum absolute atomic E-state index is 14.6. The number of anilines is 1. The summed E-state index contributed by atoms with van der Waals surface area (Å²) in [5, 5.41) is -0.171. The van der Waals surface area contributed by atoms with Crippen LogP contribution >= 0.6 is 0 Å². The van der Waals surface area contributed by atoms with Crippen molar-refractivity contribution in [2.45, 2.75) is 88.6 Å². The third-order valence-corrected chi connectivity index (χ3v) is 14.2. The van der Waals surface area contributed by atoms with Crippen molar-refractivity contribution in [1.82, 2.24) is 0 Å². The lowest BCUT2D eigenvalue weighted by molar-refractivity contribution is -0.404. The second-order valence-corrected chi connectivity index (χ2v) is 19.6. The van der Waals surface area contributed by atoms with Gasteiger partial charge in [0, 0.05) is 0 Å². The zero-order valence-electron chi connectivity index (χ0n) is 27.8. The Balaban J connectivity index is 1.75. The molecular formula is C39H45NO4Si. The average Bonchev–Trinajstić information content (AvgIpc) is 3.16. The quantitative estimate of drug-likeness (QED) is 0.202. The molecule has 45 heavy (non-hydrogen) atoms. The van der Waals surface area contributed by atoms with Gasteiger partial charge in [0.05, 0.1) is 5.69 Å². The number of benzene rings is 4. The van der Waals surface area contributed by atoms with Crippen molar-refractivity contribution in [3.8, 4) is 0 Å². The molecule has 2 atom stereocenters. The normalized spacial score (nSPS) is 22.3. The van der Waals surface area contributed by atoms with Crippen molar-refractivity contribution in [3.63, 3.8) is 0 Å². The van der Waals surface area contributed by atoms with Gasteiger partial charge in [-0.15, -0.1) is 0 Å². The molecule has 0 spiro atoms. The first-order chi connectivity index (χ1) is 21.2. The van der Waals surface area contributed by atoms with E-state index in [0.717, 1.165) is 27.9 Å². The Morgan fingerprint density at radius 2 is 1.22 bits per heavy atom. The van der Waals surface area contributed by atoms with Gasteiger partial charge >= 0.3 is 6.09 Å². The molecule has 5 nitrogen and oxygen atoms in total. The summed E-state index contributed by atoms with van der Waals surface area (Å²) in [4.78, 5) is 16.3. The number of ether oxygens (including phenoxy) is 2. The number of amides is 1. The van der Waals surface area contributed by atoms with Gasteiger partial charge in [-0.2, -0.15) is 0 Å². The Bertz CT molecular complexity index is 1640. The van der Waals surface area contributed by atoms with Gasteiger partial charge in [0.2, 0.25) is 0 Å². The van der Waals surface area contributed by atoms with Crippen molar-refractivity contribution >= 4 is 20.1 Å². The van der Waals surface area contributed by atoms with Crippen LogP contribution in [0.3, 0.4) is 0 Å². The van der Waals surface area contributed by atoms with Crippen molar-refractivity contribution in [3.05, 3.63) is 138 Å². The highest BCUT2D eigenvalue weighted by Gasteiger charge is 2.86. The molecule has 0 radical (unpaired) electrons. The Kier molecular flexibility index (Phi) is 7.43. The molecule has 2 aliphatic rings. The van der Waals surface area contributed by atoms with Crippen LogP contribution in [0.25, 0.3) is 0 Å². The van der Waals surface area contributed by atoms with Crippen LogP contribution in [0.5, 0.6) is 0 Å². The summed E-state index contributed by atoms with van der Waals surface area (Å²) in [7, 11) is -2.62. The molecule has 0 aliphatic carbocycles. The molecule has 6 heteroatoms. The maximum atomic E-state index is 14.6. The summed E-state index contributed by atoms with van der Waals surface area (Å²) in [6.45, 7) is 16.8. The zero-order valence-corrected chi connectivity index (χ0v) is 28.8. The van der Waals surface area contributed by atoms with E-state index in [-0.39, 0.29) is 5.04 Å². The zero-order chi connectivity index (χ0) is 32.3. The molecule has 1 fully saturated rings. The monoisotopic (exact) mass is 619 g/mol. The van der Waals surface area contributed by atoms with Gasteiger partial charge in [-0.3, -0.25) is 0 Å². The molecule has 6 rings (SSSR count). The SMILES string of the molecule is CC(C)(C)OC(=O)N1c2ccccc2[C@@]2(Cc3ccccc3)C(c3ccccc3)(c3ccccc3)O[C@@]12O[Si](C)(C)C(C)(C)C. The second kappa shape index (κ2) is 10.7. The largest absolute Gasteiger partial charge is 0.443 e. The van der Waals surface area contributed by atoms with Crippen LogP contribution < -0.4 is 4.90 Å². The Hall–Kier alpha value is -3.71. The number of nitrogens with zero attached hydrogens (tertiary/aromatic N) is 1. The van der Waals surface area contributed by atoms with Crippen LogP contribution in [0.2, 0.25) is 18.1 Å². The summed E-state index contributed by atoms with van der Waals surface area (Å²) >= 11 is 0. The number of hydrogen-bond donors (Lipinski definition) is 0. The Morgan fingerprint density at radius 3 is 1.73 bits per heavy atom. The molecule has 1 saturated heterocycles. The molecule has 0 aromatic heterocycles. The van der Waals surface area contributed by atoms with Gasteiger partial charge in [0.25, 0.3) is 5.91 Å². The van der Waals surface area contributed by atoms with E-state index in [4.69, 9.17) is 13.9 Å². The Labute approximate surface area is 269 Å².